The summed E-state index contributed by atoms with van der Waals surface area (Å²) in [5.41, 5.74) is 1.32. The summed E-state index contributed by atoms with van der Waals surface area (Å²) in [5, 5.41) is 1.34. The highest BCUT2D eigenvalue weighted by Crippen LogP contribution is 2.40. The molecule has 0 bridgehead atoms. The van der Waals surface area contributed by atoms with Crippen LogP contribution in [0.2, 0.25) is 0 Å². The van der Waals surface area contributed by atoms with Gasteiger partial charge in [0.2, 0.25) is 8.87 Å². The lowest BCUT2D eigenvalue weighted by molar-refractivity contribution is -0.153. The Morgan fingerprint density at radius 3 is 2.19 bits per heavy atom. The van der Waals surface area contributed by atoms with Crippen molar-refractivity contribution in [1.82, 2.24) is 10.2 Å². The predicted molar refractivity (Wildman–Crippen MR) is 156 cm³/mol. The fourth-order valence-corrected chi connectivity index (χ4v) is 7.47. The average molecular weight is 611 g/mol. The Bertz CT molecular complexity index is 1560. The molecule has 1 heterocycles. The summed E-state index contributed by atoms with van der Waals surface area (Å²) >= 11 is 0. The Hall–Kier alpha value is -4.29. The SMILES string of the molecule is CO/C(C)=C(/C(=O)OCc1ccccc1)N1C(=O)C(NC(=O)COc2ccccc2)C1SS(=O)(=O)c1ccc(C)cc1. The molecule has 1 fully saturated rings. The summed E-state index contributed by atoms with van der Waals surface area (Å²) in [6, 6.07) is 22.5. The highest BCUT2D eigenvalue weighted by atomic mass is 33.1. The quantitative estimate of drug-likeness (QED) is 0.107. The first-order chi connectivity index (χ1) is 20.1. The molecule has 0 radical (unpaired) electrons. The summed E-state index contributed by atoms with van der Waals surface area (Å²) < 4.78 is 43.0. The molecule has 0 saturated carbocycles. The Labute approximate surface area is 248 Å². The van der Waals surface area contributed by atoms with Crippen LogP contribution < -0.4 is 10.1 Å². The van der Waals surface area contributed by atoms with Crippen molar-refractivity contribution in [3.63, 3.8) is 0 Å². The maximum atomic E-state index is 13.5. The van der Waals surface area contributed by atoms with E-state index in [0.29, 0.717) is 22.1 Å². The van der Waals surface area contributed by atoms with Gasteiger partial charge in [0.1, 0.15) is 29.5 Å². The van der Waals surface area contributed by atoms with Crippen LogP contribution in [-0.2, 0) is 39.3 Å². The number of esters is 1. The molecule has 12 heteroatoms. The Kier molecular flexibility index (Phi) is 9.92. The lowest BCUT2D eigenvalue weighted by Gasteiger charge is -2.46. The van der Waals surface area contributed by atoms with Crippen molar-refractivity contribution in [3.05, 3.63) is 108 Å². The molecule has 10 nitrogen and oxygen atoms in total. The number of β-lactam (4-membered cyclic amide) rings is 1. The maximum absolute atomic E-state index is 13.5. The van der Waals surface area contributed by atoms with E-state index in [4.69, 9.17) is 14.2 Å². The van der Waals surface area contributed by atoms with E-state index in [1.165, 1.54) is 26.2 Å². The number of rotatable bonds is 12. The number of carbonyl (C=O) groups excluding carboxylic acids is 3. The normalized spacial score (nSPS) is 17.0. The van der Waals surface area contributed by atoms with Crippen molar-refractivity contribution in [3.8, 4) is 5.75 Å². The van der Waals surface area contributed by atoms with E-state index in [0.717, 1.165) is 10.5 Å². The first kappa shape index (κ1) is 30.7. The number of likely N-dealkylation sites (tertiary alicyclic amines) is 1. The number of aryl methyl sites for hydroxylation is 1. The first-order valence-corrected chi connectivity index (χ1v) is 15.7. The van der Waals surface area contributed by atoms with Crippen LogP contribution in [0.25, 0.3) is 0 Å². The van der Waals surface area contributed by atoms with Crippen LogP contribution in [0.3, 0.4) is 0 Å². The third kappa shape index (κ3) is 7.31. The number of allylic oxidation sites excluding steroid dienone is 1. The largest absolute Gasteiger partial charge is 0.499 e. The molecule has 1 aliphatic heterocycles. The summed E-state index contributed by atoms with van der Waals surface area (Å²) in [5.74, 6) is -1.75. The van der Waals surface area contributed by atoms with Crippen molar-refractivity contribution in [2.24, 2.45) is 0 Å². The van der Waals surface area contributed by atoms with Crippen LogP contribution in [0.4, 0.5) is 0 Å². The molecule has 2 unspecified atom stereocenters. The number of nitrogens with zero attached hydrogens (tertiary/aromatic N) is 1. The molecule has 2 atom stereocenters. The standard InChI is InChI=1S/C30H30N2O8S2/c1-20-14-16-24(17-15-20)42(36,37)41-29-26(31-25(33)19-39-23-12-8-5-9-13-23)28(34)32(29)27(21(2)38-3)30(35)40-18-22-10-6-4-7-11-22/h4-17,26,29H,18-19H2,1-3H3,(H,31,33)/b27-21-. The lowest BCUT2D eigenvalue weighted by Crippen LogP contribution is -2.70. The first-order valence-electron chi connectivity index (χ1n) is 12.9. The van der Waals surface area contributed by atoms with Crippen LogP contribution in [0, 0.1) is 6.92 Å². The van der Waals surface area contributed by atoms with Gasteiger partial charge in [-0.05, 0) is 43.7 Å². The van der Waals surface area contributed by atoms with E-state index in [9.17, 15) is 22.8 Å². The van der Waals surface area contributed by atoms with Crippen molar-refractivity contribution >= 4 is 37.4 Å². The van der Waals surface area contributed by atoms with E-state index in [-0.39, 0.29) is 23.0 Å². The van der Waals surface area contributed by atoms with Gasteiger partial charge in [-0.15, -0.1) is 0 Å². The van der Waals surface area contributed by atoms with Crippen molar-refractivity contribution in [2.75, 3.05) is 13.7 Å². The molecule has 42 heavy (non-hydrogen) atoms. The molecule has 2 amide bonds. The molecule has 220 valence electrons. The number of amides is 2. The number of carbonyl (C=O) groups is 3. The number of para-hydroxylation sites is 1. The molecule has 4 rings (SSSR count). The van der Waals surface area contributed by atoms with Gasteiger partial charge in [-0.1, -0.05) is 66.2 Å². The summed E-state index contributed by atoms with van der Waals surface area (Å²) in [7, 11) is -2.29. The number of nitrogens with one attached hydrogen (secondary N) is 1. The highest BCUT2D eigenvalue weighted by molar-refractivity contribution is 8.72. The molecule has 0 spiro atoms. The van der Waals surface area contributed by atoms with E-state index in [1.54, 1.807) is 66.7 Å². The van der Waals surface area contributed by atoms with E-state index < -0.39 is 44.7 Å². The Morgan fingerprint density at radius 1 is 0.952 bits per heavy atom. The van der Waals surface area contributed by atoms with Crippen LogP contribution in [0.15, 0.2) is 101 Å². The highest BCUT2D eigenvalue weighted by Gasteiger charge is 2.54. The smallest absolute Gasteiger partial charge is 0.358 e. The summed E-state index contributed by atoms with van der Waals surface area (Å²) in [6.45, 7) is 2.79. The third-order valence-corrected chi connectivity index (χ3v) is 10.0. The van der Waals surface area contributed by atoms with E-state index in [2.05, 4.69) is 5.32 Å². The van der Waals surface area contributed by atoms with Crippen LogP contribution in [0.1, 0.15) is 18.1 Å². The number of hydrogen-bond donors (Lipinski definition) is 1. The van der Waals surface area contributed by atoms with Crippen molar-refractivity contribution in [1.29, 1.82) is 0 Å². The van der Waals surface area contributed by atoms with Gasteiger partial charge in [0.25, 0.3) is 11.8 Å². The van der Waals surface area contributed by atoms with E-state index >= 15 is 0 Å². The van der Waals surface area contributed by atoms with Crippen molar-refractivity contribution in [2.45, 2.75) is 36.8 Å². The fourth-order valence-electron chi connectivity index (χ4n) is 4.00. The Balaban J connectivity index is 1.59. The minimum atomic E-state index is -4.04. The molecule has 1 saturated heterocycles. The number of methoxy groups -OCH3 is 1. The molecule has 0 aromatic heterocycles. The van der Waals surface area contributed by atoms with E-state index in [1.807, 2.05) is 13.0 Å². The van der Waals surface area contributed by atoms with Gasteiger partial charge in [-0.25, -0.2) is 13.2 Å². The van der Waals surface area contributed by atoms with Gasteiger partial charge in [-0.3, -0.25) is 14.5 Å². The average Bonchev–Trinajstić information content (AvgIpc) is 3.00. The van der Waals surface area contributed by atoms with Gasteiger partial charge < -0.3 is 19.5 Å². The topological polar surface area (TPSA) is 128 Å². The minimum absolute atomic E-state index is 0.00975. The second-order valence-corrected chi connectivity index (χ2v) is 13.2. The molecule has 0 aliphatic carbocycles. The lowest BCUT2D eigenvalue weighted by atomic mass is 10.1. The summed E-state index contributed by atoms with van der Waals surface area (Å²) in [6.07, 6.45) is 0. The van der Waals surface area contributed by atoms with Crippen molar-refractivity contribution < 1.29 is 37.0 Å². The van der Waals surface area contributed by atoms with Gasteiger partial charge in [0, 0.05) is 10.8 Å². The molecular formula is C30H30N2O8S2. The van der Waals surface area contributed by atoms with Gasteiger partial charge >= 0.3 is 5.97 Å². The molecule has 1 N–H and O–H groups in total. The molecule has 3 aromatic rings. The maximum Gasteiger partial charge on any atom is 0.358 e. The minimum Gasteiger partial charge on any atom is -0.499 e. The zero-order chi connectivity index (χ0) is 30.3. The van der Waals surface area contributed by atoms with Crippen LogP contribution in [-0.4, -0.2) is 56.2 Å². The number of benzene rings is 3. The van der Waals surface area contributed by atoms with Gasteiger partial charge in [0.05, 0.1) is 12.0 Å². The number of ether oxygens (including phenoxy) is 3. The number of hydrogen-bond acceptors (Lipinski definition) is 9. The monoisotopic (exact) mass is 610 g/mol. The second kappa shape index (κ2) is 13.6. The molecule has 1 aliphatic rings. The second-order valence-electron chi connectivity index (χ2n) is 9.28. The zero-order valence-electron chi connectivity index (χ0n) is 23.2. The third-order valence-electron chi connectivity index (χ3n) is 6.29. The van der Waals surface area contributed by atoms with Crippen LogP contribution >= 0.6 is 10.8 Å². The molecule has 3 aromatic carbocycles. The van der Waals surface area contributed by atoms with Gasteiger partial charge in [-0.2, -0.15) is 0 Å². The predicted octanol–water partition coefficient (Wildman–Crippen LogP) is 3.77. The van der Waals surface area contributed by atoms with Gasteiger partial charge in [0.15, 0.2) is 12.3 Å². The van der Waals surface area contributed by atoms with Crippen LogP contribution in [0.5, 0.6) is 5.75 Å². The Morgan fingerprint density at radius 2 is 1.57 bits per heavy atom. The fraction of sp³-hybridized carbons (Fsp3) is 0.233. The summed E-state index contributed by atoms with van der Waals surface area (Å²) in [4.78, 5) is 40.5. The zero-order valence-corrected chi connectivity index (χ0v) is 24.8. The molecular weight excluding hydrogens is 580 g/mol.